The van der Waals surface area contributed by atoms with Crippen LogP contribution in [0.15, 0.2) is 59.8 Å². The standard InChI is InChI=1S/C18H18FN5OS/c1-12(17(25)21-11-13-6-3-2-4-7-13)26-18-23-22-16(24(18)20)14-8-5-9-15(19)10-14/h2-10,12H,11,20H2,1H3,(H,21,25)/t12-/m1/s1. The van der Waals surface area contributed by atoms with Crippen molar-refractivity contribution in [2.45, 2.75) is 23.9 Å². The van der Waals surface area contributed by atoms with E-state index in [0.29, 0.717) is 23.1 Å². The van der Waals surface area contributed by atoms with Gasteiger partial charge in [-0.1, -0.05) is 54.2 Å². The van der Waals surface area contributed by atoms with Gasteiger partial charge in [0.2, 0.25) is 11.1 Å². The van der Waals surface area contributed by atoms with Gasteiger partial charge in [0.05, 0.1) is 5.25 Å². The number of thioether (sulfide) groups is 1. The minimum absolute atomic E-state index is 0.130. The van der Waals surface area contributed by atoms with E-state index in [4.69, 9.17) is 5.84 Å². The van der Waals surface area contributed by atoms with E-state index in [1.165, 1.54) is 28.6 Å². The molecule has 0 radical (unpaired) electrons. The summed E-state index contributed by atoms with van der Waals surface area (Å²) in [4.78, 5) is 12.3. The van der Waals surface area contributed by atoms with Crippen LogP contribution in [0.2, 0.25) is 0 Å². The van der Waals surface area contributed by atoms with Crippen molar-refractivity contribution in [2.75, 3.05) is 5.84 Å². The highest BCUT2D eigenvalue weighted by molar-refractivity contribution is 8.00. The molecule has 6 nitrogen and oxygen atoms in total. The van der Waals surface area contributed by atoms with Crippen molar-refractivity contribution < 1.29 is 9.18 Å². The molecule has 0 aliphatic heterocycles. The largest absolute Gasteiger partial charge is 0.351 e. The molecule has 1 aromatic heterocycles. The summed E-state index contributed by atoms with van der Waals surface area (Å²) in [6, 6.07) is 15.6. The number of nitrogens with zero attached hydrogens (tertiary/aromatic N) is 3. The predicted octanol–water partition coefficient (Wildman–Crippen LogP) is 2.60. The molecular formula is C18H18FN5OS. The van der Waals surface area contributed by atoms with Gasteiger partial charge >= 0.3 is 0 Å². The van der Waals surface area contributed by atoms with Crippen molar-refractivity contribution in [3.8, 4) is 11.4 Å². The lowest BCUT2D eigenvalue weighted by Crippen LogP contribution is -2.30. The van der Waals surface area contributed by atoms with E-state index in [9.17, 15) is 9.18 Å². The van der Waals surface area contributed by atoms with Gasteiger partial charge < -0.3 is 11.2 Å². The molecule has 0 saturated heterocycles. The number of nitrogen functional groups attached to an aromatic ring is 1. The van der Waals surface area contributed by atoms with Crippen LogP contribution in [-0.2, 0) is 11.3 Å². The molecule has 0 saturated carbocycles. The van der Waals surface area contributed by atoms with E-state index in [-0.39, 0.29) is 11.7 Å². The van der Waals surface area contributed by atoms with Crippen LogP contribution in [0.25, 0.3) is 11.4 Å². The Kier molecular flexibility index (Phi) is 5.52. The molecule has 0 aliphatic rings. The number of nitrogens with one attached hydrogen (secondary N) is 1. The number of amides is 1. The van der Waals surface area contributed by atoms with Gasteiger partial charge in [0, 0.05) is 12.1 Å². The molecule has 0 unspecified atom stereocenters. The second-order valence-electron chi connectivity index (χ2n) is 5.65. The first-order valence-electron chi connectivity index (χ1n) is 7.99. The molecule has 134 valence electrons. The van der Waals surface area contributed by atoms with Gasteiger partial charge in [-0.3, -0.25) is 4.79 Å². The summed E-state index contributed by atoms with van der Waals surface area (Å²) < 4.78 is 14.6. The summed E-state index contributed by atoms with van der Waals surface area (Å²) in [6.07, 6.45) is 0. The smallest absolute Gasteiger partial charge is 0.233 e. The van der Waals surface area contributed by atoms with Gasteiger partial charge in [-0.2, -0.15) is 0 Å². The fraction of sp³-hybridized carbons (Fsp3) is 0.167. The number of hydrogen-bond donors (Lipinski definition) is 2. The third kappa shape index (κ3) is 4.20. The molecule has 3 N–H and O–H groups in total. The highest BCUT2D eigenvalue weighted by Crippen LogP contribution is 2.25. The Balaban J connectivity index is 1.64. The molecule has 0 bridgehead atoms. The highest BCUT2D eigenvalue weighted by Gasteiger charge is 2.20. The number of benzene rings is 2. The summed E-state index contributed by atoms with van der Waals surface area (Å²) in [5, 5.41) is 10.9. The van der Waals surface area contributed by atoms with Gasteiger partial charge in [-0.25, -0.2) is 9.07 Å². The molecule has 8 heteroatoms. The van der Waals surface area contributed by atoms with E-state index in [1.54, 1.807) is 19.1 Å². The Hall–Kier alpha value is -2.87. The normalized spacial score (nSPS) is 11.9. The van der Waals surface area contributed by atoms with Crippen LogP contribution in [0.3, 0.4) is 0 Å². The van der Waals surface area contributed by atoms with Crippen LogP contribution in [0.4, 0.5) is 4.39 Å². The van der Waals surface area contributed by atoms with Gasteiger partial charge in [0.1, 0.15) is 5.82 Å². The van der Waals surface area contributed by atoms with Gasteiger partial charge in [-0.15, -0.1) is 10.2 Å². The lowest BCUT2D eigenvalue weighted by atomic mass is 10.2. The maximum atomic E-state index is 13.4. The predicted molar refractivity (Wildman–Crippen MR) is 99.2 cm³/mol. The number of nitrogens with two attached hydrogens (primary N) is 1. The number of carbonyl (C=O) groups is 1. The summed E-state index contributed by atoms with van der Waals surface area (Å²) in [7, 11) is 0. The van der Waals surface area contributed by atoms with Crippen LogP contribution in [0.5, 0.6) is 0 Å². The number of halogens is 1. The zero-order chi connectivity index (χ0) is 18.5. The first kappa shape index (κ1) is 17.9. The maximum absolute atomic E-state index is 13.4. The van der Waals surface area contributed by atoms with E-state index in [0.717, 1.165) is 5.56 Å². The summed E-state index contributed by atoms with van der Waals surface area (Å²) in [5.74, 6) is 5.84. The second kappa shape index (κ2) is 8.01. The topological polar surface area (TPSA) is 85.8 Å². The van der Waals surface area contributed by atoms with Crippen LogP contribution in [0, 0.1) is 5.82 Å². The minimum atomic E-state index is -0.412. The Morgan fingerprint density at radius 2 is 2.00 bits per heavy atom. The van der Waals surface area contributed by atoms with E-state index < -0.39 is 5.25 Å². The Morgan fingerprint density at radius 1 is 1.23 bits per heavy atom. The number of carbonyl (C=O) groups excluding carboxylic acids is 1. The fourth-order valence-electron chi connectivity index (χ4n) is 2.32. The highest BCUT2D eigenvalue weighted by atomic mass is 32.2. The molecule has 1 atom stereocenters. The number of hydrogen-bond acceptors (Lipinski definition) is 5. The number of aromatic nitrogens is 3. The Morgan fingerprint density at radius 3 is 2.73 bits per heavy atom. The Bertz CT molecular complexity index is 900. The van der Waals surface area contributed by atoms with Crippen molar-refractivity contribution >= 4 is 17.7 Å². The third-order valence-electron chi connectivity index (χ3n) is 3.71. The van der Waals surface area contributed by atoms with Crippen molar-refractivity contribution in [3.05, 3.63) is 66.0 Å². The quantitative estimate of drug-likeness (QED) is 0.514. The molecule has 26 heavy (non-hydrogen) atoms. The SMILES string of the molecule is C[C@@H](Sc1nnc(-c2cccc(F)c2)n1N)C(=O)NCc1ccccc1. The number of rotatable bonds is 6. The van der Waals surface area contributed by atoms with Crippen molar-refractivity contribution in [1.82, 2.24) is 20.2 Å². The molecule has 1 amide bonds. The first-order valence-corrected chi connectivity index (χ1v) is 8.87. The summed E-state index contributed by atoms with van der Waals surface area (Å²) in [6.45, 7) is 2.22. The first-order chi connectivity index (χ1) is 12.5. The molecule has 3 aromatic rings. The zero-order valence-electron chi connectivity index (χ0n) is 14.1. The molecule has 0 spiro atoms. The molecule has 1 heterocycles. The minimum Gasteiger partial charge on any atom is -0.351 e. The summed E-state index contributed by atoms with van der Waals surface area (Å²) >= 11 is 1.19. The summed E-state index contributed by atoms with van der Waals surface area (Å²) in [5.41, 5.74) is 1.54. The van der Waals surface area contributed by atoms with Crippen molar-refractivity contribution in [3.63, 3.8) is 0 Å². The van der Waals surface area contributed by atoms with Crippen LogP contribution in [0.1, 0.15) is 12.5 Å². The monoisotopic (exact) mass is 371 g/mol. The van der Waals surface area contributed by atoms with Crippen LogP contribution < -0.4 is 11.2 Å². The lowest BCUT2D eigenvalue weighted by Gasteiger charge is -2.11. The maximum Gasteiger partial charge on any atom is 0.233 e. The molecule has 3 rings (SSSR count). The average Bonchev–Trinajstić information content (AvgIpc) is 3.01. The van der Waals surface area contributed by atoms with Crippen molar-refractivity contribution in [1.29, 1.82) is 0 Å². The van der Waals surface area contributed by atoms with E-state index in [2.05, 4.69) is 15.5 Å². The fourth-order valence-corrected chi connectivity index (χ4v) is 3.12. The van der Waals surface area contributed by atoms with Crippen LogP contribution >= 0.6 is 11.8 Å². The van der Waals surface area contributed by atoms with E-state index >= 15 is 0 Å². The second-order valence-corrected chi connectivity index (χ2v) is 6.96. The average molecular weight is 371 g/mol. The molecule has 0 fully saturated rings. The lowest BCUT2D eigenvalue weighted by molar-refractivity contribution is -0.120. The van der Waals surface area contributed by atoms with Crippen LogP contribution in [-0.4, -0.2) is 26.0 Å². The van der Waals surface area contributed by atoms with Crippen molar-refractivity contribution in [2.24, 2.45) is 0 Å². The van der Waals surface area contributed by atoms with Gasteiger partial charge in [-0.05, 0) is 24.6 Å². The molecule has 2 aromatic carbocycles. The van der Waals surface area contributed by atoms with E-state index in [1.807, 2.05) is 30.3 Å². The molecular weight excluding hydrogens is 353 g/mol. The Labute approximate surface area is 154 Å². The third-order valence-corrected chi connectivity index (χ3v) is 4.77. The zero-order valence-corrected chi connectivity index (χ0v) is 14.9. The van der Waals surface area contributed by atoms with Gasteiger partial charge in [0.15, 0.2) is 5.82 Å². The molecule has 0 aliphatic carbocycles. The van der Waals surface area contributed by atoms with Gasteiger partial charge in [0.25, 0.3) is 0 Å².